The van der Waals surface area contributed by atoms with E-state index in [9.17, 15) is 9.90 Å². The van der Waals surface area contributed by atoms with Crippen LogP contribution in [0.2, 0.25) is 0 Å². The first-order chi connectivity index (χ1) is 7.87. The van der Waals surface area contributed by atoms with Gasteiger partial charge < -0.3 is 9.84 Å². The number of carbonyl (C=O) groups is 1. The maximum Gasteiger partial charge on any atom is 0.306 e. The van der Waals surface area contributed by atoms with Gasteiger partial charge in [0.15, 0.2) is 0 Å². The third-order valence-corrected chi connectivity index (χ3v) is 2.05. The molecule has 0 aliphatic rings. The van der Waals surface area contributed by atoms with Crippen LogP contribution in [0.5, 0.6) is 5.75 Å². The summed E-state index contributed by atoms with van der Waals surface area (Å²) in [5.74, 6) is -0.0367. The van der Waals surface area contributed by atoms with E-state index in [2.05, 4.69) is 4.98 Å². The number of aromatic nitrogens is 1. The van der Waals surface area contributed by atoms with Crippen molar-refractivity contribution in [3.8, 4) is 5.75 Å². The summed E-state index contributed by atoms with van der Waals surface area (Å²) in [5.41, 5.74) is 0.498. The molecule has 0 aliphatic heterocycles. The van der Waals surface area contributed by atoms with Crippen LogP contribution in [0, 0.1) is 0 Å². The Kier molecular flexibility index (Phi) is 4.49. The molecular weight excluding hydrogens is 218 g/mol. The van der Waals surface area contributed by atoms with Crippen LogP contribution in [0.4, 0.5) is 0 Å². The van der Waals surface area contributed by atoms with E-state index >= 15 is 0 Å². The average molecular weight is 237 g/mol. The zero-order valence-corrected chi connectivity index (χ0v) is 10.6. The van der Waals surface area contributed by atoms with E-state index < -0.39 is 5.60 Å². The number of carbonyl (C=O) groups excluding carboxylic acids is 1. The molecule has 1 heterocycles. The number of nitrogens with zero attached hydrogens (tertiary/aromatic N) is 1. The second kappa shape index (κ2) is 5.66. The highest BCUT2D eigenvalue weighted by molar-refractivity contribution is 5.69. The normalized spacial score (nSPS) is 11.2. The van der Waals surface area contributed by atoms with E-state index in [0.717, 1.165) is 5.56 Å². The van der Waals surface area contributed by atoms with Gasteiger partial charge in [0.05, 0.1) is 6.20 Å². The molecule has 0 atom stereocenters. The molecule has 0 aromatic carbocycles. The number of esters is 1. The summed E-state index contributed by atoms with van der Waals surface area (Å²) in [4.78, 5) is 15.3. The summed E-state index contributed by atoms with van der Waals surface area (Å²) in [5, 5.41) is 9.22. The second-order valence-electron chi connectivity index (χ2n) is 4.99. The molecule has 0 spiro atoms. The number of pyridine rings is 1. The highest BCUT2D eigenvalue weighted by Crippen LogP contribution is 2.13. The first-order valence-electron chi connectivity index (χ1n) is 5.71. The Hall–Kier alpha value is -1.58. The third kappa shape index (κ3) is 5.90. The molecule has 0 saturated carbocycles. The molecule has 1 rings (SSSR count). The highest BCUT2D eigenvalue weighted by atomic mass is 16.6. The lowest BCUT2D eigenvalue weighted by Gasteiger charge is -2.19. The first-order valence-corrected chi connectivity index (χ1v) is 5.71. The molecule has 0 saturated heterocycles. The fraction of sp³-hybridized carbons (Fsp3) is 0.538. The third-order valence-electron chi connectivity index (χ3n) is 2.05. The summed E-state index contributed by atoms with van der Waals surface area (Å²) >= 11 is 0. The lowest BCUT2D eigenvalue weighted by atomic mass is 10.1. The van der Waals surface area contributed by atoms with Gasteiger partial charge in [0.25, 0.3) is 0 Å². The van der Waals surface area contributed by atoms with Crippen molar-refractivity contribution in [1.82, 2.24) is 4.98 Å². The number of rotatable bonds is 4. The van der Waals surface area contributed by atoms with Gasteiger partial charge in [0.2, 0.25) is 0 Å². The van der Waals surface area contributed by atoms with E-state index in [1.54, 1.807) is 12.3 Å². The minimum Gasteiger partial charge on any atom is -0.506 e. The van der Waals surface area contributed by atoms with Crippen LogP contribution < -0.4 is 0 Å². The van der Waals surface area contributed by atoms with E-state index in [1.807, 2.05) is 20.8 Å². The second-order valence-corrected chi connectivity index (χ2v) is 4.99. The average Bonchev–Trinajstić information content (AvgIpc) is 2.14. The van der Waals surface area contributed by atoms with Crippen molar-refractivity contribution in [2.24, 2.45) is 0 Å². The van der Waals surface area contributed by atoms with Crippen molar-refractivity contribution in [3.05, 3.63) is 24.0 Å². The molecule has 0 bridgehead atoms. The van der Waals surface area contributed by atoms with Crippen molar-refractivity contribution in [3.63, 3.8) is 0 Å². The fourth-order valence-electron chi connectivity index (χ4n) is 1.44. The Labute approximate surface area is 102 Å². The Morgan fingerprint density at radius 1 is 1.41 bits per heavy atom. The van der Waals surface area contributed by atoms with Gasteiger partial charge in [-0.3, -0.25) is 9.78 Å². The summed E-state index contributed by atoms with van der Waals surface area (Å²) in [7, 11) is 0. The van der Waals surface area contributed by atoms with Crippen molar-refractivity contribution in [1.29, 1.82) is 0 Å². The number of hydrogen-bond acceptors (Lipinski definition) is 4. The molecule has 4 heteroatoms. The molecule has 1 N–H and O–H groups in total. The van der Waals surface area contributed by atoms with E-state index in [4.69, 9.17) is 4.74 Å². The SMILES string of the molecule is CC(C)(C)OC(=O)CCCc1cncc(O)c1. The van der Waals surface area contributed by atoms with Crippen LogP contribution in [-0.4, -0.2) is 21.7 Å². The summed E-state index contributed by atoms with van der Waals surface area (Å²) in [6, 6.07) is 1.65. The molecule has 0 unspecified atom stereocenters. The minimum absolute atomic E-state index is 0.153. The maximum absolute atomic E-state index is 11.4. The molecule has 0 amide bonds. The van der Waals surface area contributed by atoms with Crippen molar-refractivity contribution in [2.75, 3.05) is 0 Å². The minimum atomic E-state index is -0.427. The molecule has 0 fully saturated rings. The smallest absolute Gasteiger partial charge is 0.306 e. The van der Waals surface area contributed by atoms with E-state index in [-0.39, 0.29) is 11.7 Å². The van der Waals surface area contributed by atoms with Gasteiger partial charge in [0.1, 0.15) is 11.4 Å². The number of aryl methyl sites for hydroxylation is 1. The van der Waals surface area contributed by atoms with Crippen molar-refractivity contribution < 1.29 is 14.6 Å². The molecule has 0 aliphatic carbocycles. The Bertz CT molecular complexity index is 382. The van der Waals surface area contributed by atoms with Crippen LogP contribution in [0.1, 0.15) is 39.2 Å². The van der Waals surface area contributed by atoms with Gasteiger partial charge in [-0.1, -0.05) is 0 Å². The molecular formula is C13H19NO3. The first kappa shape index (κ1) is 13.5. The van der Waals surface area contributed by atoms with Crippen molar-refractivity contribution in [2.45, 2.75) is 45.6 Å². The van der Waals surface area contributed by atoms with Crippen LogP contribution in [-0.2, 0) is 16.0 Å². The zero-order chi connectivity index (χ0) is 12.9. The lowest BCUT2D eigenvalue weighted by molar-refractivity contribution is -0.154. The molecule has 94 valence electrons. The van der Waals surface area contributed by atoms with Crippen LogP contribution in [0.25, 0.3) is 0 Å². The van der Waals surface area contributed by atoms with Crippen molar-refractivity contribution >= 4 is 5.97 Å². The molecule has 4 nitrogen and oxygen atoms in total. The van der Waals surface area contributed by atoms with E-state index in [1.165, 1.54) is 6.20 Å². The maximum atomic E-state index is 11.4. The predicted octanol–water partition coefficient (Wildman–Crippen LogP) is 2.45. The topological polar surface area (TPSA) is 59.4 Å². The Balaban J connectivity index is 2.31. The molecule has 0 radical (unpaired) electrons. The number of aromatic hydroxyl groups is 1. The quantitative estimate of drug-likeness (QED) is 0.817. The molecule has 1 aromatic heterocycles. The van der Waals surface area contributed by atoms with Gasteiger partial charge in [-0.2, -0.15) is 0 Å². The molecule has 17 heavy (non-hydrogen) atoms. The Morgan fingerprint density at radius 3 is 2.71 bits per heavy atom. The number of ether oxygens (including phenoxy) is 1. The summed E-state index contributed by atoms with van der Waals surface area (Å²) < 4.78 is 5.20. The molecule has 1 aromatic rings. The van der Waals surface area contributed by atoms with Crippen LogP contribution >= 0.6 is 0 Å². The zero-order valence-electron chi connectivity index (χ0n) is 10.6. The van der Waals surface area contributed by atoms with Gasteiger partial charge in [-0.05, 0) is 45.2 Å². The largest absolute Gasteiger partial charge is 0.506 e. The van der Waals surface area contributed by atoms with Gasteiger partial charge in [-0.25, -0.2) is 0 Å². The van der Waals surface area contributed by atoms with E-state index in [0.29, 0.717) is 19.3 Å². The highest BCUT2D eigenvalue weighted by Gasteiger charge is 2.15. The van der Waals surface area contributed by atoms with Gasteiger partial charge in [-0.15, -0.1) is 0 Å². The van der Waals surface area contributed by atoms with Gasteiger partial charge >= 0.3 is 5.97 Å². The standard InChI is InChI=1S/C13H19NO3/c1-13(2,3)17-12(16)6-4-5-10-7-11(15)9-14-8-10/h7-9,15H,4-6H2,1-3H3. The van der Waals surface area contributed by atoms with Crippen LogP contribution in [0.15, 0.2) is 18.5 Å². The van der Waals surface area contributed by atoms with Crippen LogP contribution in [0.3, 0.4) is 0 Å². The summed E-state index contributed by atoms with van der Waals surface area (Å²) in [6.45, 7) is 5.55. The lowest BCUT2D eigenvalue weighted by Crippen LogP contribution is -2.23. The Morgan fingerprint density at radius 2 is 2.12 bits per heavy atom. The fourth-order valence-corrected chi connectivity index (χ4v) is 1.44. The monoisotopic (exact) mass is 237 g/mol. The predicted molar refractivity (Wildman–Crippen MR) is 64.7 cm³/mol. The summed E-state index contributed by atoms with van der Waals surface area (Å²) in [6.07, 6.45) is 4.86. The number of hydrogen-bond donors (Lipinski definition) is 1. The van der Waals surface area contributed by atoms with Gasteiger partial charge in [0, 0.05) is 12.6 Å².